The van der Waals surface area contributed by atoms with Gasteiger partial charge in [-0.05, 0) is 74.5 Å². The van der Waals surface area contributed by atoms with Gasteiger partial charge >= 0.3 is 0 Å². The molecule has 1 amide bonds. The van der Waals surface area contributed by atoms with Crippen LogP contribution in [0.15, 0.2) is 66.7 Å². The first-order valence-corrected chi connectivity index (χ1v) is 10.3. The van der Waals surface area contributed by atoms with Crippen molar-refractivity contribution < 1.29 is 23.7 Å². The Kier molecular flexibility index (Phi) is 7.80. The lowest BCUT2D eigenvalue weighted by Gasteiger charge is -2.17. The van der Waals surface area contributed by atoms with Gasteiger partial charge in [-0.2, -0.15) is 0 Å². The van der Waals surface area contributed by atoms with Crippen LogP contribution in [-0.4, -0.2) is 32.8 Å². The molecule has 0 radical (unpaired) electrons. The monoisotopic (exact) mass is 436 g/mol. The fourth-order valence-corrected chi connectivity index (χ4v) is 2.98. The van der Waals surface area contributed by atoms with E-state index >= 15 is 0 Å². The molecule has 0 aliphatic rings. The largest absolute Gasteiger partial charge is 0.497 e. The lowest BCUT2D eigenvalue weighted by molar-refractivity contribution is -0.116. The van der Waals surface area contributed by atoms with E-state index in [9.17, 15) is 4.79 Å². The summed E-state index contributed by atoms with van der Waals surface area (Å²) in [5.74, 6) is 3.09. The highest BCUT2D eigenvalue weighted by Gasteiger charge is 2.15. The Labute approximate surface area is 188 Å². The quantitative estimate of drug-likeness (QED) is 0.447. The van der Waals surface area contributed by atoms with Crippen molar-refractivity contribution in [2.45, 2.75) is 19.9 Å². The number of benzene rings is 3. The lowest BCUT2D eigenvalue weighted by Crippen LogP contribution is -2.31. The third kappa shape index (κ3) is 6.07. The van der Waals surface area contributed by atoms with Crippen molar-refractivity contribution in [1.82, 2.24) is 0 Å². The zero-order valence-electron chi connectivity index (χ0n) is 18.7. The highest BCUT2D eigenvalue weighted by molar-refractivity contribution is 5.96. The first-order chi connectivity index (χ1) is 15.5. The maximum atomic E-state index is 12.6. The third-order valence-corrected chi connectivity index (χ3v) is 4.66. The van der Waals surface area contributed by atoms with Crippen LogP contribution >= 0.6 is 0 Å². The Balaban J connectivity index is 1.66. The summed E-state index contributed by atoms with van der Waals surface area (Å²) in [4.78, 5) is 12.6. The Hall–Kier alpha value is -3.87. The molecule has 0 bridgehead atoms. The Morgan fingerprint density at radius 1 is 0.812 bits per heavy atom. The molecule has 32 heavy (non-hydrogen) atoms. The molecular formula is C25H28N2O5. The van der Waals surface area contributed by atoms with Crippen LogP contribution in [0.5, 0.6) is 28.7 Å². The summed E-state index contributed by atoms with van der Waals surface area (Å²) in [6.45, 7) is 4.31. The molecule has 0 aromatic heterocycles. The number of methoxy groups -OCH3 is 2. The maximum absolute atomic E-state index is 12.6. The predicted molar refractivity (Wildman–Crippen MR) is 125 cm³/mol. The molecule has 7 heteroatoms. The number of anilines is 2. The zero-order valence-corrected chi connectivity index (χ0v) is 18.7. The number of nitrogens with one attached hydrogen (secondary N) is 2. The summed E-state index contributed by atoms with van der Waals surface area (Å²) in [6, 6.07) is 19.5. The van der Waals surface area contributed by atoms with E-state index in [4.69, 9.17) is 18.9 Å². The van der Waals surface area contributed by atoms with E-state index in [-0.39, 0.29) is 5.91 Å². The summed E-state index contributed by atoms with van der Waals surface area (Å²) < 4.78 is 22.0. The molecule has 168 valence electrons. The highest BCUT2D eigenvalue weighted by atomic mass is 16.5. The van der Waals surface area contributed by atoms with Gasteiger partial charge in [0, 0.05) is 17.4 Å². The van der Waals surface area contributed by atoms with E-state index in [2.05, 4.69) is 10.6 Å². The topological polar surface area (TPSA) is 78.1 Å². The number of amides is 1. The van der Waals surface area contributed by atoms with Crippen LogP contribution in [0.25, 0.3) is 0 Å². The van der Waals surface area contributed by atoms with Crippen LogP contribution in [0.1, 0.15) is 13.8 Å². The number of hydrogen-bond donors (Lipinski definition) is 2. The van der Waals surface area contributed by atoms with Gasteiger partial charge in [-0.25, -0.2) is 0 Å². The Morgan fingerprint density at radius 2 is 1.44 bits per heavy atom. The molecule has 7 nitrogen and oxygen atoms in total. The predicted octanol–water partition coefficient (Wildman–Crippen LogP) is 5.33. The van der Waals surface area contributed by atoms with Crippen LogP contribution in [0, 0.1) is 0 Å². The van der Waals surface area contributed by atoms with Gasteiger partial charge in [0.05, 0.1) is 20.8 Å². The van der Waals surface area contributed by atoms with Crippen molar-refractivity contribution in [1.29, 1.82) is 0 Å². The average molecular weight is 437 g/mol. The van der Waals surface area contributed by atoms with Crippen LogP contribution in [0.4, 0.5) is 11.4 Å². The molecule has 0 saturated heterocycles. The molecule has 0 aliphatic heterocycles. The number of hydrogen-bond acceptors (Lipinski definition) is 6. The smallest absolute Gasteiger partial charge is 0.246 e. The SMILES string of the molecule is CCOc1ccc(NC(=O)C(C)Nc2ccc(OC)c(Oc3ccc(OC)cc3)c2)cc1. The van der Waals surface area contributed by atoms with Gasteiger partial charge in [0.1, 0.15) is 23.3 Å². The van der Waals surface area contributed by atoms with E-state index in [1.54, 1.807) is 33.3 Å². The molecule has 1 atom stereocenters. The molecule has 0 aliphatic carbocycles. The summed E-state index contributed by atoms with van der Waals surface area (Å²) in [5, 5.41) is 6.09. The molecule has 2 N–H and O–H groups in total. The molecule has 3 aromatic carbocycles. The maximum Gasteiger partial charge on any atom is 0.246 e. The second-order valence-electron chi connectivity index (χ2n) is 6.96. The second kappa shape index (κ2) is 10.9. The normalized spacial score (nSPS) is 11.2. The van der Waals surface area contributed by atoms with Crippen molar-refractivity contribution in [3.8, 4) is 28.7 Å². The summed E-state index contributed by atoms with van der Waals surface area (Å²) >= 11 is 0. The number of rotatable bonds is 10. The number of ether oxygens (including phenoxy) is 4. The van der Waals surface area contributed by atoms with E-state index in [1.165, 1.54) is 0 Å². The van der Waals surface area contributed by atoms with Crippen LogP contribution in [0.3, 0.4) is 0 Å². The zero-order chi connectivity index (χ0) is 22.9. The van der Waals surface area contributed by atoms with Crippen molar-refractivity contribution in [3.63, 3.8) is 0 Å². The summed E-state index contributed by atoms with van der Waals surface area (Å²) in [6.07, 6.45) is 0. The number of carbonyl (C=O) groups excluding carboxylic acids is 1. The minimum absolute atomic E-state index is 0.164. The molecule has 0 spiro atoms. The van der Waals surface area contributed by atoms with Crippen molar-refractivity contribution >= 4 is 17.3 Å². The van der Waals surface area contributed by atoms with Gasteiger partial charge in [-0.15, -0.1) is 0 Å². The molecule has 0 heterocycles. The van der Waals surface area contributed by atoms with Gasteiger partial charge in [0.15, 0.2) is 11.5 Å². The van der Waals surface area contributed by atoms with E-state index in [0.717, 1.165) is 17.2 Å². The summed E-state index contributed by atoms with van der Waals surface area (Å²) in [7, 11) is 3.19. The standard InChI is InChI=1S/C25H28N2O5/c1-5-31-21-9-6-18(7-10-21)27-25(28)17(2)26-19-8-15-23(30-4)24(16-19)32-22-13-11-20(29-3)12-14-22/h6-17,26H,5H2,1-4H3,(H,27,28). The fourth-order valence-electron chi connectivity index (χ4n) is 2.98. The van der Waals surface area contributed by atoms with Crippen molar-refractivity contribution in [3.05, 3.63) is 66.7 Å². The van der Waals surface area contributed by atoms with Gasteiger partial charge in [0.25, 0.3) is 0 Å². The van der Waals surface area contributed by atoms with Gasteiger partial charge in [-0.1, -0.05) is 0 Å². The van der Waals surface area contributed by atoms with Crippen molar-refractivity contribution in [2.24, 2.45) is 0 Å². The van der Waals surface area contributed by atoms with E-state index in [0.29, 0.717) is 29.5 Å². The van der Waals surface area contributed by atoms with E-state index < -0.39 is 6.04 Å². The Bertz CT molecular complexity index is 1020. The van der Waals surface area contributed by atoms with Gasteiger partial charge in [-0.3, -0.25) is 4.79 Å². The second-order valence-corrected chi connectivity index (χ2v) is 6.96. The molecule has 1 unspecified atom stereocenters. The molecular weight excluding hydrogens is 408 g/mol. The van der Waals surface area contributed by atoms with Gasteiger partial charge in [0.2, 0.25) is 5.91 Å². The Morgan fingerprint density at radius 3 is 2.06 bits per heavy atom. The van der Waals surface area contributed by atoms with Crippen LogP contribution in [-0.2, 0) is 4.79 Å². The molecule has 0 fully saturated rings. The third-order valence-electron chi connectivity index (χ3n) is 4.66. The van der Waals surface area contributed by atoms with Gasteiger partial charge < -0.3 is 29.6 Å². The first-order valence-electron chi connectivity index (χ1n) is 10.3. The first kappa shape index (κ1) is 22.8. The van der Waals surface area contributed by atoms with E-state index in [1.807, 2.05) is 61.5 Å². The minimum Gasteiger partial charge on any atom is -0.497 e. The highest BCUT2D eigenvalue weighted by Crippen LogP contribution is 2.34. The molecule has 3 rings (SSSR count). The van der Waals surface area contributed by atoms with Crippen LogP contribution in [0.2, 0.25) is 0 Å². The lowest BCUT2D eigenvalue weighted by atomic mass is 10.2. The van der Waals surface area contributed by atoms with Crippen LogP contribution < -0.4 is 29.6 Å². The fraction of sp³-hybridized carbons (Fsp3) is 0.240. The minimum atomic E-state index is -0.483. The number of carbonyl (C=O) groups is 1. The molecule has 0 saturated carbocycles. The average Bonchev–Trinajstić information content (AvgIpc) is 2.81. The summed E-state index contributed by atoms with van der Waals surface area (Å²) in [5.41, 5.74) is 1.43. The van der Waals surface area contributed by atoms with Crippen molar-refractivity contribution in [2.75, 3.05) is 31.5 Å². The molecule has 3 aromatic rings.